The lowest BCUT2D eigenvalue weighted by Crippen LogP contribution is -2.31. The Morgan fingerprint density at radius 2 is 1.88 bits per heavy atom. The number of aromatic nitrogens is 4. The summed E-state index contributed by atoms with van der Waals surface area (Å²) in [6.07, 6.45) is 5.60. The number of rotatable bonds is 1. The van der Waals surface area contributed by atoms with E-state index in [0.717, 1.165) is 35.9 Å². The van der Waals surface area contributed by atoms with Crippen molar-refractivity contribution in [3.63, 3.8) is 0 Å². The quantitative estimate of drug-likeness (QED) is 0.749. The molecule has 3 rings (SSSR count). The zero-order valence-electron chi connectivity index (χ0n) is 10.3. The Labute approximate surface area is 100 Å². The Kier molecular flexibility index (Phi) is 2.46. The van der Waals surface area contributed by atoms with Crippen molar-refractivity contribution in [1.82, 2.24) is 19.5 Å². The Balaban J connectivity index is 2.07. The molecule has 5 nitrogen and oxygen atoms in total. The third-order valence-corrected chi connectivity index (χ3v) is 3.36. The van der Waals surface area contributed by atoms with Crippen molar-refractivity contribution in [2.24, 2.45) is 7.05 Å². The normalized spacial score (nSPS) is 16.7. The predicted molar refractivity (Wildman–Crippen MR) is 67.1 cm³/mol. The first-order valence-corrected chi connectivity index (χ1v) is 6.16. The van der Waals surface area contributed by atoms with Gasteiger partial charge in [-0.1, -0.05) is 0 Å². The average Bonchev–Trinajstić information content (AvgIpc) is 2.73. The average molecular weight is 231 g/mol. The van der Waals surface area contributed by atoms with E-state index >= 15 is 0 Å². The summed E-state index contributed by atoms with van der Waals surface area (Å²) >= 11 is 0. The second kappa shape index (κ2) is 3.98. The fourth-order valence-electron chi connectivity index (χ4n) is 2.37. The van der Waals surface area contributed by atoms with Gasteiger partial charge in [-0.05, 0) is 26.2 Å². The zero-order chi connectivity index (χ0) is 11.8. The molecule has 0 atom stereocenters. The third-order valence-electron chi connectivity index (χ3n) is 3.36. The maximum Gasteiger partial charge on any atom is 0.227 e. The molecule has 0 radical (unpaired) electrons. The van der Waals surface area contributed by atoms with Gasteiger partial charge >= 0.3 is 0 Å². The minimum absolute atomic E-state index is 0.860. The Morgan fingerprint density at radius 3 is 2.65 bits per heavy atom. The zero-order valence-corrected chi connectivity index (χ0v) is 10.3. The Morgan fingerprint density at radius 1 is 1.12 bits per heavy atom. The monoisotopic (exact) mass is 231 g/mol. The molecular formula is C12H17N5. The number of nitrogens with zero attached hydrogens (tertiary/aromatic N) is 5. The maximum atomic E-state index is 4.63. The molecule has 90 valence electrons. The van der Waals surface area contributed by atoms with Gasteiger partial charge < -0.3 is 9.47 Å². The lowest BCUT2D eigenvalue weighted by molar-refractivity contribution is 0.568. The van der Waals surface area contributed by atoms with Crippen LogP contribution in [0.1, 0.15) is 25.0 Å². The van der Waals surface area contributed by atoms with Gasteiger partial charge in [0.25, 0.3) is 0 Å². The van der Waals surface area contributed by atoms with Gasteiger partial charge in [0, 0.05) is 20.1 Å². The molecule has 0 amide bonds. The van der Waals surface area contributed by atoms with Gasteiger partial charge in [-0.3, -0.25) is 0 Å². The molecule has 17 heavy (non-hydrogen) atoms. The minimum atomic E-state index is 0.860. The van der Waals surface area contributed by atoms with E-state index in [-0.39, 0.29) is 0 Å². The highest BCUT2D eigenvalue weighted by molar-refractivity contribution is 5.74. The summed E-state index contributed by atoms with van der Waals surface area (Å²) in [6.45, 7) is 4.15. The van der Waals surface area contributed by atoms with Gasteiger partial charge in [0.15, 0.2) is 5.65 Å². The summed E-state index contributed by atoms with van der Waals surface area (Å²) in [7, 11) is 1.97. The van der Waals surface area contributed by atoms with E-state index in [2.05, 4.69) is 19.9 Å². The molecule has 0 aromatic carbocycles. The topological polar surface area (TPSA) is 46.8 Å². The maximum absolute atomic E-state index is 4.63. The van der Waals surface area contributed by atoms with Crippen LogP contribution in [0, 0.1) is 6.92 Å². The second-order valence-electron chi connectivity index (χ2n) is 4.68. The predicted octanol–water partition coefficient (Wildman–Crippen LogP) is 1.66. The number of hydrogen-bond acceptors (Lipinski definition) is 4. The van der Waals surface area contributed by atoms with Crippen LogP contribution in [-0.2, 0) is 7.05 Å². The highest BCUT2D eigenvalue weighted by Crippen LogP contribution is 2.20. The molecule has 0 spiro atoms. The molecule has 5 heteroatoms. The van der Waals surface area contributed by atoms with Crippen LogP contribution in [0.15, 0.2) is 6.33 Å². The van der Waals surface area contributed by atoms with Crippen LogP contribution in [0.25, 0.3) is 11.2 Å². The Bertz CT molecular complexity index is 539. The molecule has 2 aromatic rings. The van der Waals surface area contributed by atoms with Gasteiger partial charge in [0.05, 0.1) is 12.0 Å². The van der Waals surface area contributed by atoms with Crippen LogP contribution in [0.3, 0.4) is 0 Å². The van der Waals surface area contributed by atoms with E-state index in [9.17, 15) is 0 Å². The molecule has 0 N–H and O–H groups in total. The fraction of sp³-hybridized carbons (Fsp3) is 0.583. The van der Waals surface area contributed by atoms with E-state index in [1.807, 2.05) is 18.5 Å². The number of imidazole rings is 1. The highest BCUT2D eigenvalue weighted by Gasteiger charge is 2.16. The van der Waals surface area contributed by atoms with Gasteiger partial charge in [0.1, 0.15) is 5.52 Å². The van der Waals surface area contributed by atoms with E-state index in [0.29, 0.717) is 0 Å². The van der Waals surface area contributed by atoms with Crippen molar-refractivity contribution < 1.29 is 0 Å². The van der Waals surface area contributed by atoms with E-state index < -0.39 is 0 Å². The van der Waals surface area contributed by atoms with Crippen molar-refractivity contribution in [3.05, 3.63) is 12.0 Å². The van der Waals surface area contributed by atoms with Crippen LogP contribution in [-0.4, -0.2) is 32.6 Å². The number of hydrogen-bond donors (Lipinski definition) is 0. The van der Waals surface area contributed by atoms with Gasteiger partial charge in [-0.15, -0.1) is 0 Å². The highest BCUT2D eigenvalue weighted by atomic mass is 15.3. The van der Waals surface area contributed by atoms with Crippen molar-refractivity contribution >= 4 is 17.1 Å². The second-order valence-corrected chi connectivity index (χ2v) is 4.68. The van der Waals surface area contributed by atoms with Crippen molar-refractivity contribution in [2.75, 3.05) is 18.0 Å². The summed E-state index contributed by atoms with van der Waals surface area (Å²) < 4.78 is 1.96. The SMILES string of the molecule is Cc1nc(N2CCCCC2)nc2c1ncn2C. The van der Waals surface area contributed by atoms with E-state index in [1.165, 1.54) is 19.3 Å². The molecule has 1 fully saturated rings. The fourth-order valence-corrected chi connectivity index (χ4v) is 2.37. The number of anilines is 1. The lowest BCUT2D eigenvalue weighted by atomic mass is 10.1. The summed E-state index contributed by atoms with van der Waals surface area (Å²) in [5.41, 5.74) is 2.81. The first kappa shape index (κ1) is 10.5. The largest absolute Gasteiger partial charge is 0.341 e. The van der Waals surface area contributed by atoms with Gasteiger partial charge in [-0.2, -0.15) is 4.98 Å². The minimum Gasteiger partial charge on any atom is -0.341 e. The molecule has 2 aromatic heterocycles. The van der Waals surface area contributed by atoms with E-state index in [1.54, 1.807) is 6.33 Å². The first-order valence-electron chi connectivity index (χ1n) is 6.16. The molecule has 0 unspecified atom stereocenters. The molecule has 1 aliphatic rings. The number of aryl methyl sites for hydroxylation is 2. The molecule has 0 aliphatic carbocycles. The van der Waals surface area contributed by atoms with Crippen molar-refractivity contribution in [1.29, 1.82) is 0 Å². The van der Waals surface area contributed by atoms with Gasteiger partial charge in [0.2, 0.25) is 5.95 Å². The summed E-state index contributed by atoms with van der Waals surface area (Å²) in [6, 6.07) is 0. The molecule has 0 saturated carbocycles. The molecule has 1 aliphatic heterocycles. The lowest BCUT2D eigenvalue weighted by Gasteiger charge is -2.26. The Hall–Kier alpha value is -1.65. The molecular weight excluding hydrogens is 214 g/mol. The molecule has 0 bridgehead atoms. The van der Waals surface area contributed by atoms with Crippen molar-refractivity contribution in [3.8, 4) is 0 Å². The summed E-state index contributed by atoms with van der Waals surface area (Å²) in [5.74, 6) is 0.860. The van der Waals surface area contributed by atoms with Crippen LogP contribution in [0.5, 0.6) is 0 Å². The first-order chi connectivity index (χ1) is 8.25. The van der Waals surface area contributed by atoms with Crippen LogP contribution >= 0.6 is 0 Å². The summed E-state index contributed by atoms with van der Waals surface area (Å²) in [5, 5.41) is 0. The molecule has 3 heterocycles. The van der Waals surface area contributed by atoms with Crippen molar-refractivity contribution in [2.45, 2.75) is 26.2 Å². The standard InChI is InChI=1S/C12H17N5/c1-9-10-11(16(2)8-13-10)15-12(14-9)17-6-4-3-5-7-17/h8H,3-7H2,1-2H3. The van der Waals surface area contributed by atoms with Gasteiger partial charge in [-0.25, -0.2) is 9.97 Å². The summed E-state index contributed by atoms with van der Waals surface area (Å²) in [4.78, 5) is 15.8. The molecule has 1 saturated heterocycles. The van der Waals surface area contributed by atoms with Crippen LogP contribution < -0.4 is 4.90 Å². The smallest absolute Gasteiger partial charge is 0.227 e. The van der Waals surface area contributed by atoms with Crippen LogP contribution in [0.4, 0.5) is 5.95 Å². The van der Waals surface area contributed by atoms with Crippen LogP contribution in [0.2, 0.25) is 0 Å². The third kappa shape index (κ3) is 1.75. The van der Waals surface area contributed by atoms with E-state index in [4.69, 9.17) is 0 Å². The number of piperidine rings is 1. The number of fused-ring (bicyclic) bond motifs is 1.